The minimum absolute atomic E-state index is 0.455. The average molecular weight is 183 g/mol. The lowest BCUT2D eigenvalue weighted by Crippen LogP contribution is -2.36. The first kappa shape index (κ1) is 12.5. The van der Waals surface area contributed by atoms with E-state index < -0.39 is 0 Å². The highest BCUT2D eigenvalue weighted by atomic mass is 16.5. The molecule has 76 valence electrons. The van der Waals surface area contributed by atoms with Crippen molar-refractivity contribution in [2.45, 2.75) is 45.2 Å². The molecule has 0 aromatic heterocycles. The molecule has 0 fully saturated rings. The average Bonchev–Trinajstić information content (AvgIpc) is 2.14. The van der Waals surface area contributed by atoms with Crippen molar-refractivity contribution in [2.75, 3.05) is 13.7 Å². The fourth-order valence-electron chi connectivity index (χ4n) is 1.24. The van der Waals surface area contributed by atoms with Crippen LogP contribution in [0.2, 0.25) is 0 Å². The van der Waals surface area contributed by atoms with Crippen LogP contribution in [0.25, 0.3) is 0 Å². The molecule has 1 N–H and O–H groups in total. The second-order valence-electron chi connectivity index (χ2n) is 3.36. The number of rotatable bonds is 7. The summed E-state index contributed by atoms with van der Waals surface area (Å²) in [6.45, 7) is 5.12. The van der Waals surface area contributed by atoms with Crippen LogP contribution >= 0.6 is 0 Å². The van der Waals surface area contributed by atoms with E-state index in [9.17, 15) is 0 Å². The summed E-state index contributed by atoms with van der Waals surface area (Å²) in [6.07, 6.45) is 8.20. The van der Waals surface area contributed by atoms with E-state index in [2.05, 4.69) is 25.1 Å². The van der Waals surface area contributed by atoms with Crippen molar-refractivity contribution in [3.05, 3.63) is 0 Å². The zero-order valence-electron chi connectivity index (χ0n) is 8.97. The summed E-state index contributed by atoms with van der Waals surface area (Å²) in [5.41, 5.74) is 0. The number of methoxy groups -OCH3 is 1. The second kappa shape index (κ2) is 8.10. The van der Waals surface area contributed by atoms with Crippen LogP contribution in [0, 0.1) is 12.3 Å². The predicted octanol–water partition coefficient (Wildman–Crippen LogP) is 1.80. The standard InChI is InChI=1S/C11H21NO/c1-5-7-11(6-2)12-10(3)8-9-13-4/h1,10-12H,6-9H2,2-4H3. The predicted molar refractivity (Wildman–Crippen MR) is 56.6 cm³/mol. The van der Waals surface area contributed by atoms with Crippen LogP contribution in [0.1, 0.15) is 33.1 Å². The zero-order chi connectivity index (χ0) is 10.1. The zero-order valence-corrected chi connectivity index (χ0v) is 8.97. The lowest BCUT2D eigenvalue weighted by atomic mass is 10.1. The highest BCUT2D eigenvalue weighted by Crippen LogP contribution is 2.00. The van der Waals surface area contributed by atoms with Gasteiger partial charge in [-0.2, -0.15) is 0 Å². The van der Waals surface area contributed by atoms with Crippen molar-refractivity contribution in [2.24, 2.45) is 0 Å². The molecule has 0 spiro atoms. The van der Waals surface area contributed by atoms with E-state index >= 15 is 0 Å². The molecule has 0 aromatic carbocycles. The van der Waals surface area contributed by atoms with Crippen molar-refractivity contribution in [3.63, 3.8) is 0 Å². The Labute approximate surface area is 82.1 Å². The van der Waals surface area contributed by atoms with Crippen LogP contribution in [0.5, 0.6) is 0 Å². The summed E-state index contributed by atoms with van der Waals surface area (Å²) >= 11 is 0. The fourth-order valence-corrected chi connectivity index (χ4v) is 1.24. The first-order valence-corrected chi connectivity index (χ1v) is 4.93. The summed E-state index contributed by atoms with van der Waals surface area (Å²) in [4.78, 5) is 0. The Bertz CT molecular complexity index is 151. The van der Waals surface area contributed by atoms with E-state index in [-0.39, 0.29) is 0 Å². The van der Waals surface area contributed by atoms with E-state index in [1.54, 1.807) is 7.11 Å². The SMILES string of the molecule is C#CCC(CC)NC(C)CCOC. The van der Waals surface area contributed by atoms with Crippen molar-refractivity contribution in [1.82, 2.24) is 5.32 Å². The van der Waals surface area contributed by atoms with E-state index in [4.69, 9.17) is 11.2 Å². The maximum absolute atomic E-state index is 5.27. The minimum Gasteiger partial charge on any atom is -0.385 e. The van der Waals surface area contributed by atoms with Crippen LogP contribution in [-0.2, 0) is 4.74 Å². The molecule has 0 aromatic rings. The van der Waals surface area contributed by atoms with Gasteiger partial charge in [-0.25, -0.2) is 0 Å². The number of terminal acetylenes is 1. The third-order valence-corrected chi connectivity index (χ3v) is 2.13. The van der Waals surface area contributed by atoms with Gasteiger partial charge in [-0.1, -0.05) is 6.92 Å². The van der Waals surface area contributed by atoms with Gasteiger partial charge in [-0.15, -0.1) is 12.3 Å². The molecule has 0 radical (unpaired) electrons. The summed E-state index contributed by atoms with van der Waals surface area (Å²) in [5.74, 6) is 2.69. The lowest BCUT2D eigenvalue weighted by Gasteiger charge is -2.20. The van der Waals surface area contributed by atoms with Gasteiger partial charge < -0.3 is 10.1 Å². The van der Waals surface area contributed by atoms with Gasteiger partial charge in [0, 0.05) is 32.2 Å². The molecule has 0 bridgehead atoms. The molecule has 0 aliphatic heterocycles. The molecule has 0 saturated heterocycles. The molecule has 0 amide bonds. The van der Waals surface area contributed by atoms with Crippen LogP contribution in [0.4, 0.5) is 0 Å². The van der Waals surface area contributed by atoms with Gasteiger partial charge in [0.15, 0.2) is 0 Å². The van der Waals surface area contributed by atoms with Gasteiger partial charge in [-0.3, -0.25) is 0 Å². The van der Waals surface area contributed by atoms with Gasteiger partial charge in [-0.05, 0) is 19.8 Å². The molecule has 2 heteroatoms. The van der Waals surface area contributed by atoms with Crippen LogP contribution in [0.15, 0.2) is 0 Å². The summed E-state index contributed by atoms with van der Waals surface area (Å²) in [6, 6.07) is 0.940. The van der Waals surface area contributed by atoms with Gasteiger partial charge in [0.2, 0.25) is 0 Å². The van der Waals surface area contributed by atoms with Crippen LogP contribution in [0.3, 0.4) is 0 Å². The Morgan fingerprint density at radius 1 is 1.54 bits per heavy atom. The molecule has 2 unspecified atom stereocenters. The van der Waals surface area contributed by atoms with Gasteiger partial charge in [0.05, 0.1) is 0 Å². The topological polar surface area (TPSA) is 21.3 Å². The van der Waals surface area contributed by atoms with Crippen molar-refractivity contribution >= 4 is 0 Å². The molecule has 0 aliphatic carbocycles. The molecule has 13 heavy (non-hydrogen) atoms. The monoisotopic (exact) mass is 183 g/mol. The van der Waals surface area contributed by atoms with E-state index in [1.165, 1.54) is 0 Å². The Balaban J connectivity index is 3.60. The number of nitrogens with one attached hydrogen (secondary N) is 1. The van der Waals surface area contributed by atoms with Crippen LogP contribution < -0.4 is 5.32 Å². The first-order valence-electron chi connectivity index (χ1n) is 4.93. The molecule has 2 nitrogen and oxygen atoms in total. The molecule has 0 heterocycles. The second-order valence-corrected chi connectivity index (χ2v) is 3.36. The first-order chi connectivity index (χ1) is 6.24. The molecule has 0 aliphatic rings. The molecular weight excluding hydrogens is 162 g/mol. The lowest BCUT2D eigenvalue weighted by molar-refractivity contribution is 0.182. The minimum atomic E-state index is 0.455. The highest BCUT2D eigenvalue weighted by molar-refractivity contribution is 4.89. The molecule has 0 rings (SSSR count). The Kier molecular flexibility index (Phi) is 7.77. The summed E-state index contributed by atoms with van der Waals surface area (Å²) in [5, 5.41) is 3.48. The normalized spacial score (nSPS) is 14.9. The number of hydrogen-bond donors (Lipinski definition) is 1. The summed E-state index contributed by atoms with van der Waals surface area (Å²) in [7, 11) is 1.73. The van der Waals surface area contributed by atoms with Crippen LogP contribution in [-0.4, -0.2) is 25.8 Å². The van der Waals surface area contributed by atoms with Crippen molar-refractivity contribution in [3.8, 4) is 12.3 Å². The highest BCUT2D eigenvalue weighted by Gasteiger charge is 2.08. The number of hydrogen-bond acceptors (Lipinski definition) is 2. The quantitative estimate of drug-likeness (QED) is 0.608. The fraction of sp³-hybridized carbons (Fsp3) is 0.818. The third kappa shape index (κ3) is 6.62. The molecule has 0 saturated carbocycles. The molecule has 2 atom stereocenters. The van der Waals surface area contributed by atoms with E-state index in [0.717, 1.165) is 25.9 Å². The van der Waals surface area contributed by atoms with Gasteiger partial charge in [0.1, 0.15) is 0 Å². The number of ether oxygens (including phenoxy) is 1. The Morgan fingerprint density at radius 3 is 2.69 bits per heavy atom. The van der Waals surface area contributed by atoms with Crippen molar-refractivity contribution in [1.29, 1.82) is 0 Å². The van der Waals surface area contributed by atoms with Gasteiger partial charge >= 0.3 is 0 Å². The maximum atomic E-state index is 5.27. The van der Waals surface area contributed by atoms with E-state index in [0.29, 0.717) is 12.1 Å². The Morgan fingerprint density at radius 2 is 2.23 bits per heavy atom. The summed E-state index contributed by atoms with van der Waals surface area (Å²) < 4.78 is 5.01. The van der Waals surface area contributed by atoms with Gasteiger partial charge in [0.25, 0.3) is 0 Å². The third-order valence-electron chi connectivity index (χ3n) is 2.13. The van der Waals surface area contributed by atoms with Crippen molar-refractivity contribution < 1.29 is 4.74 Å². The molecular formula is C11H21NO. The maximum Gasteiger partial charge on any atom is 0.0476 e. The smallest absolute Gasteiger partial charge is 0.0476 e. The Hall–Kier alpha value is -0.520. The van der Waals surface area contributed by atoms with E-state index in [1.807, 2.05) is 0 Å². The largest absolute Gasteiger partial charge is 0.385 e.